The predicted molar refractivity (Wildman–Crippen MR) is 86.6 cm³/mol. The summed E-state index contributed by atoms with van der Waals surface area (Å²) in [6.07, 6.45) is 4.82. The minimum absolute atomic E-state index is 0.0960. The van der Waals surface area contributed by atoms with Gasteiger partial charge >= 0.3 is 12.0 Å². The second kappa shape index (κ2) is 7.61. The molecule has 2 N–H and O–H groups in total. The van der Waals surface area contributed by atoms with Gasteiger partial charge in [0, 0.05) is 24.5 Å². The molecule has 1 aromatic rings. The molecule has 3 atom stereocenters. The summed E-state index contributed by atoms with van der Waals surface area (Å²) in [6.45, 7) is 0.776. The molecule has 3 unspecified atom stereocenters. The van der Waals surface area contributed by atoms with Gasteiger partial charge in [-0.05, 0) is 37.3 Å². The minimum atomic E-state index is -1.03. The minimum Gasteiger partial charge on any atom is -0.479 e. The van der Waals surface area contributed by atoms with Gasteiger partial charge in [0.15, 0.2) is 6.10 Å². The smallest absolute Gasteiger partial charge is 0.334 e. The molecule has 1 aliphatic carbocycles. The molecule has 1 aromatic heterocycles. The standard InChI is InChI=1S/C17H23N3O4/c21-16(22)15-11-20(8-9-24-15)17(23)19-14-6-3-4-12(14)10-13-5-1-2-7-18-13/h1-2,5,7,12,14-15H,3-4,6,8-11H2,(H,19,23)(H,21,22). The van der Waals surface area contributed by atoms with E-state index >= 15 is 0 Å². The zero-order valence-electron chi connectivity index (χ0n) is 13.6. The summed E-state index contributed by atoms with van der Waals surface area (Å²) in [5.41, 5.74) is 1.04. The number of carbonyl (C=O) groups is 2. The maximum atomic E-state index is 12.5. The van der Waals surface area contributed by atoms with Crippen LogP contribution in [0, 0.1) is 5.92 Å². The van der Waals surface area contributed by atoms with Crippen LogP contribution in [0.25, 0.3) is 0 Å². The maximum absolute atomic E-state index is 12.5. The Labute approximate surface area is 141 Å². The molecule has 2 fully saturated rings. The number of nitrogens with zero attached hydrogens (tertiary/aromatic N) is 2. The van der Waals surface area contributed by atoms with Crippen LogP contribution in [0.5, 0.6) is 0 Å². The molecule has 0 aromatic carbocycles. The zero-order valence-corrected chi connectivity index (χ0v) is 13.6. The van der Waals surface area contributed by atoms with Crippen molar-refractivity contribution in [2.24, 2.45) is 5.92 Å². The highest BCUT2D eigenvalue weighted by Gasteiger charge is 2.33. The number of hydrogen-bond donors (Lipinski definition) is 2. The number of pyridine rings is 1. The van der Waals surface area contributed by atoms with Crippen LogP contribution in [0.2, 0.25) is 0 Å². The molecule has 1 aliphatic heterocycles. The Morgan fingerprint density at radius 3 is 3.00 bits per heavy atom. The Bertz CT molecular complexity index is 580. The first kappa shape index (κ1) is 16.7. The third kappa shape index (κ3) is 4.03. The van der Waals surface area contributed by atoms with Crippen LogP contribution < -0.4 is 5.32 Å². The number of hydrogen-bond acceptors (Lipinski definition) is 4. The number of urea groups is 1. The molecular formula is C17H23N3O4. The second-order valence-electron chi connectivity index (χ2n) is 6.42. The number of aromatic nitrogens is 1. The van der Waals surface area contributed by atoms with Gasteiger partial charge in [-0.25, -0.2) is 9.59 Å². The monoisotopic (exact) mass is 333 g/mol. The number of carbonyl (C=O) groups excluding carboxylic acids is 1. The number of morpholine rings is 1. The first-order valence-corrected chi connectivity index (χ1v) is 8.43. The van der Waals surface area contributed by atoms with Crippen molar-refractivity contribution in [1.29, 1.82) is 0 Å². The Kier molecular flexibility index (Phi) is 5.30. The molecule has 0 spiro atoms. The first-order chi connectivity index (χ1) is 11.6. The molecule has 24 heavy (non-hydrogen) atoms. The highest BCUT2D eigenvalue weighted by Crippen LogP contribution is 2.28. The normalized spacial score (nSPS) is 27.0. The van der Waals surface area contributed by atoms with Crippen LogP contribution in [0.15, 0.2) is 24.4 Å². The number of amides is 2. The van der Waals surface area contributed by atoms with Crippen molar-refractivity contribution >= 4 is 12.0 Å². The molecule has 7 heteroatoms. The van der Waals surface area contributed by atoms with Crippen LogP contribution in [0.4, 0.5) is 4.79 Å². The van der Waals surface area contributed by atoms with E-state index in [0.29, 0.717) is 12.5 Å². The number of rotatable bonds is 4. The molecule has 130 valence electrons. The van der Waals surface area contributed by atoms with E-state index in [0.717, 1.165) is 31.4 Å². The van der Waals surface area contributed by atoms with Crippen molar-refractivity contribution in [2.45, 2.75) is 37.8 Å². The molecule has 2 aliphatic rings. The van der Waals surface area contributed by atoms with Gasteiger partial charge in [0.05, 0.1) is 13.2 Å². The summed E-state index contributed by atoms with van der Waals surface area (Å²) >= 11 is 0. The van der Waals surface area contributed by atoms with Crippen molar-refractivity contribution in [2.75, 3.05) is 19.7 Å². The number of nitrogens with one attached hydrogen (secondary N) is 1. The number of carboxylic acid groups (broad SMARTS) is 1. The first-order valence-electron chi connectivity index (χ1n) is 8.43. The Hall–Kier alpha value is -2.15. The van der Waals surface area contributed by atoms with Crippen LogP contribution >= 0.6 is 0 Å². The van der Waals surface area contributed by atoms with E-state index in [1.807, 2.05) is 18.2 Å². The number of aliphatic carboxylic acids is 1. The third-order valence-electron chi connectivity index (χ3n) is 4.79. The lowest BCUT2D eigenvalue weighted by molar-refractivity contribution is -0.154. The van der Waals surface area contributed by atoms with E-state index in [-0.39, 0.29) is 25.2 Å². The summed E-state index contributed by atoms with van der Waals surface area (Å²) in [5.74, 6) is -0.651. The molecular weight excluding hydrogens is 310 g/mol. The van der Waals surface area contributed by atoms with E-state index < -0.39 is 12.1 Å². The summed E-state index contributed by atoms with van der Waals surface area (Å²) in [7, 11) is 0. The molecule has 1 saturated heterocycles. The van der Waals surface area contributed by atoms with Crippen LogP contribution in [-0.2, 0) is 16.0 Å². The van der Waals surface area contributed by atoms with Gasteiger partial charge in [-0.15, -0.1) is 0 Å². The molecule has 7 nitrogen and oxygen atoms in total. The number of ether oxygens (including phenoxy) is 1. The topological polar surface area (TPSA) is 91.8 Å². The molecule has 3 rings (SSSR count). The Balaban J connectivity index is 1.56. The largest absolute Gasteiger partial charge is 0.479 e. The summed E-state index contributed by atoms with van der Waals surface area (Å²) < 4.78 is 5.16. The van der Waals surface area contributed by atoms with E-state index in [4.69, 9.17) is 9.84 Å². The van der Waals surface area contributed by atoms with Crippen LogP contribution in [0.3, 0.4) is 0 Å². The van der Waals surface area contributed by atoms with Crippen molar-refractivity contribution in [1.82, 2.24) is 15.2 Å². The van der Waals surface area contributed by atoms with Gasteiger partial charge in [-0.3, -0.25) is 4.98 Å². The average Bonchev–Trinajstić information content (AvgIpc) is 3.02. The highest BCUT2D eigenvalue weighted by molar-refractivity contribution is 5.77. The van der Waals surface area contributed by atoms with Gasteiger partial charge < -0.3 is 20.1 Å². The summed E-state index contributed by atoms with van der Waals surface area (Å²) in [5, 5.41) is 12.1. The van der Waals surface area contributed by atoms with Gasteiger partial charge in [0.2, 0.25) is 0 Å². The summed E-state index contributed by atoms with van der Waals surface area (Å²) in [6, 6.07) is 5.81. The SMILES string of the molecule is O=C(O)C1CN(C(=O)NC2CCCC2Cc2ccccn2)CCO1. The van der Waals surface area contributed by atoms with E-state index in [1.165, 1.54) is 0 Å². The van der Waals surface area contributed by atoms with Gasteiger partial charge in [0.25, 0.3) is 0 Å². The Morgan fingerprint density at radius 1 is 1.38 bits per heavy atom. The lowest BCUT2D eigenvalue weighted by atomic mass is 9.97. The van der Waals surface area contributed by atoms with Crippen molar-refractivity contribution in [3.8, 4) is 0 Å². The van der Waals surface area contributed by atoms with Crippen LogP contribution in [-0.4, -0.2) is 58.8 Å². The van der Waals surface area contributed by atoms with E-state index in [2.05, 4.69) is 10.3 Å². The fourth-order valence-corrected chi connectivity index (χ4v) is 3.49. The van der Waals surface area contributed by atoms with E-state index in [9.17, 15) is 9.59 Å². The molecule has 0 radical (unpaired) electrons. The van der Waals surface area contributed by atoms with Crippen LogP contribution in [0.1, 0.15) is 25.0 Å². The maximum Gasteiger partial charge on any atom is 0.334 e. The molecule has 2 heterocycles. The fourth-order valence-electron chi connectivity index (χ4n) is 3.49. The molecule has 2 amide bonds. The molecule has 0 bridgehead atoms. The third-order valence-corrected chi connectivity index (χ3v) is 4.79. The Morgan fingerprint density at radius 2 is 2.25 bits per heavy atom. The average molecular weight is 333 g/mol. The van der Waals surface area contributed by atoms with Gasteiger partial charge in [-0.1, -0.05) is 12.5 Å². The zero-order chi connectivity index (χ0) is 16.9. The lowest BCUT2D eigenvalue weighted by Crippen LogP contribution is -2.54. The number of carboxylic acids is 1. The fraction of sp³-hybridized carbons (Fsp3) is 0.588. The van der Waals surface area contributed by atoms with Gasteiger partial charge in [0.1, 0.15) is 0 Å². The van der Waals surface area contributed by atoms with E-state index in [1.54, 1.807) is 11.1 Å². The van der Waals surface area contributed by atoms with Crippen molar-refractivity contribution in [3.05, 3.63) is 30.1 Å². The quantitative estimate of drug-likeness (QED) is 0.866. The predicted octanol–water partition coefficient (Wildman–Crippen LogP) is 1.29. The second-order valence-corrected chi connectivity index (χ2v) is 6.42. The van der Waals surface area contributed by atoms with Gasteiger partial charge in [-0.2, -0.15) is 0 Å². The highest BCUT2D eigenvalue weighted by atomic mass is 16.5. The van der Waals surface area contributed by atoms with Crippen molar-refractivity contribution in [3.63, 3.8) is 0 Å². The van der Waals surface area contributed by atoms with Crippen molar-refractivity contribution < 1.29 is 19.4 Å². The lowest BCUT2D eigenvalue weighted by Gasteiger charge is -2.32. The molecule has 1 saturated carbocycles. The summed E-state index contributed by atoms with van der Waals surface area (Å²) in [4.78, 5) is 29.4.